The Balaban J connectivity index is 2.40. The molecule has 0 spiro atoms. The molecule has 1 rings (SSSR count). The molecule has 0 unspecified atom stereocenters. The normalized spacial score (nSPS) is 31.5. The predicted octanol–water partition coefficient (Wildman–Crippen LogP) is 0.711. The van der Waals surface area contributed by atoms with Gasteiger partial charge in [0.2, 0.25) is 0 Å². The minimum absolute atomic E-state index is 0.0551. The zero-order valence-corrected chi connectivity index (χ0v) is 7.10. The number of methoxy groups -OCH3 is 1. The molecule has 0 saturated heterocycles. The van der Waals surface area contributed by atoms with E-state index in [0.717, 1.165) is 12.8 Å². The van der Waals surface area contributed by atoms with Crippen LogP contribution in [0.15, 0.2) is 0 Å². The minimum Gasteiger partial charge on any atom is -0.381 e. The predicted molar refractivity (Wildman–Crippen MR) is 38.4 cm³/mol. The van der Waals surface area contributed by atoms with Gasteiger partial charge in [0.1, 0.15) is 0 Å². The van der Waals surface area contributed by atoms with E-state index in [2.05, 4.69) is 0 Å². The summed E-state index contributed by atoms with van der Waals surface area (Å²) >= 11 is 0. The summed E-state index contributed by atoms with van der Waals surface area (Å²) in [5.74, 6) is -0.513. The highest BCUT2D eigenvalue weighted by molar-refractivity contribution is 7.86. The van der Waals surface area contributed by atoms with Crippen molar-refractivity contribution in [2.24, 2.45) is 5.92 Å². The average molecular weight is 182 g/mol. The maximum Gasteiger partial charge on any atom is 0.302 e. The van der Waals surface area contributed by atoms with Crippen molar-refractivity contribution < 1.29 is 17.0 Å². The van der Waals surface area contributed by atoms with Crippen LogP contribution in [0, 0.1) is 5.92 Å². The molecule has 5 heteroatoms. The standard InChI is InChI=1S/C6H11FO3S/c1-10-6-3-2-5(6)4-11(7,8)9/h5-6H,2-4H2,1H3/t5-,6+/m0/s1. The van der Waals surface area contributed by atoms with Crippen LogP contribution in [0.25, 0.3) is 0 Å². The summed E-state index contributed by atoms with van der Waals surface area (Å²) in [4.78, 5) is 0. The summed E-state index contributed by atoms with van der Waals surface area (Å²) in [6, 6.07) is 0. The smallest absolute Gasteiger partial charge is 0.302 e. The van der Waals surface area contributed by atoms with E-state index in [0.29, 0.717) is 0 Å². The second kappa shape index (κ2) is 3.06. The van der Waals surface area contributed by atoms with Crippen LogP contribution in [0.5, 0.6) is 0 Å². The maximum atomic E-state index is 12.1. The third-order valence-electron chi connectivity index (χ3n) is 2.06. The van der Waals surface area contributed by atoms with Crippen molar-refractivity contribution in [3.63, 3.8) is 0 Å². The van der Waals surface area contributed by atoms with E-state index in [9.17, 15) is 12.3 Å². The molecule has 2 atom stereocenters. The highest BCUT2D eigenvalue weighted by Gasteiger charge is 2.34. The molecular formula is C6H11FO3S. The Bertz CT molecular complexity index is 222. The summed E-state index contributed by atoms with van der Waals surface area (Å²) in [5, 5.41) is 0. The van der Waals surface area contributed by atoms with Crippen LogP contribution in [0.4, 0.5) is 3.89 Å². The van der Waals surface area contributed by atoms with Gasteiger partial charge in [-0.3, -0.25) is 0 Å². The summed E-state index contributed by atoms with van der Waals surface area (Å²) < 4.78 is 37.3. The zero-order chi connectivity index (χ0) is 8.48. The molecule has 0 radical (unpaired) electrons. The number of rotatable bonds is 3. The fourth-order valence-corrected chi connectivity index (χ4v) is 2.19. The molecule has 0 aromatic heterocycles. The molecule has 11 heavy (non-hydrogen) atoms. The first-order chi connectivity index (χ1) is 5.03. The average Bonchev–Trinajstić information content (AvgIpc) is 1.80. The molecule has 66 valence electrons. The van der Waals surface area contributed by atoms with Gasteiger partial charge >= 0.3 is 10.2 Å². The lowest BCUT2D eigenvalue weighted by Crippen LogP contribution is -2.37. The Labute approximate surface area is 65.8 Å². The number of halogens is 1. The van der Waals surface area contributed by atoms with Crippen LogP contribution >= 0.6 is 0 Å². The number of hydrogen-bond acceptors (Lipinski definition) is 3. The molecule has 0 amide bonds. The zero-order valence-electron chi connectivity index (χ0n) is 6.29. The van der Waals surface area contributed by atoms with Crippen molar-refractivity contribution in [3.05, 3.63) is 0 Å². The highest BCUT2D eigenvalue weighted by Crippen LogP contribution is 2.31. The van der Waals surface area contributed by atoms with Crippen LogP contribution in [0.2, 0.25) is 0 Å². The maximum absolute atomic E-state index is 12.1. The van der Waals surface area contributed by atoms with Crippen molar-refractivity contribution in [2.45, 2.75) is 18.9 Å². The van der Waals surface area contributed by atoms with Crippen LogP contribution in [-0.4, -0.2) is 27.4 Å². The molecule has 1 fully saturated rings. The van der Waals surface area contributed by atoms with E-state index in [4.69, 9.17) is 4.74 Å². The van der Waals surface area contributed by atoms with E-state index in [1.807, 2.05) is 0 Å². The van der Waals surface area contributed by atoms with Gasteiger partial charge in [-0.2, -0.15) is 8.42 Å². The Hall–Kier alpha value is -0.160. The largest absolute Gasteiger partial charge is 0.381 e. The van der Waals surface area contributed by atoms with Gasteiger partial charge in [-0.15, -0.1) is 3.89 Å². The van der Waals surface area contributed by atoms with E-state index in [1.54, 1.807) is 0 Å². The molecule has 0 N–H and O–H groups in total. The number of ether oxygens (including phenoxy) is 1. The van der Waals surface area contributed by atoms with E-state index in [-0.39, 0.29) is 17.8 Å². The molecular weight excluding hydrogens is 171 g/mol. The first-order valence-electron chi connectivity index (χ1n) is 3.48. The van der Waals surface area contributed by atoms with Gasteiger partial charge in [0, 0.05) is 13.0 Å². The van der Waals surface area contributed by atoms with Gasteiger partial charge < -0.3 is 4.74 Å². The van der Waals surface area contributed by atoms with Gasteiger partial charge in [0.15, 0.2) is 0 Å². The highest BCUT2D eigenvalue weighted by atomic mass is 32.3. The summed E-state index contributed by atoms with van der Waals surface area (Å²) in [6.45, 7) is 0. The summed E-state index contributed by atoms with van der Waals surface area (Å²) in [7, 11) is -2.79. The SMILES string of the molecule is CO[C@@H]1CC[C@H]1CS(=O)(=O)F. The lowest BCUT2D eigenvalue weighted by atomic mass is 9.83. The Morgan fingerprint density at radius 2 is 2.18 bits per heavy atom. The third kappa shape index (κ3) is 2.41. The number of hydrogen-bond donors (Lipinski definition) is 0. The monoisotopic (exact) mass is 182 g/mol. The molecule has 1 aliphatic carbocycles. The first kappa shape index (κ1) is 8.93. The first-order valence-corrected chi connectivity index (χ1v) is 5.03. The van der Waals surface area contributed by atoms with Crippen LogP contribution in [0.1, 0.15) is 12.8 Å². The lowest BCUT2D eigenvalue weighted by Gasteiger charge is -2.33. The van der Waals surface area contributed by atoms with Gasteiger partial charge in [-0.25, -0.2) is 0 Å². The quantitative estimate of drug-likeness (QED) is 0.604. The Morgan fingerprint density at radius 1 is 1.55 bits per heavy atom. The van der Waals surface area contributed by atoms with Crippen molar-refractivity contribution >= 4 is 10.2 Å². The van der Waals surface area contributed by atoms with E-state index in [1.165, 1.54) is 7.11 Å². The van der Waals surface area contributed by atoms with Crippen LogP contribution in [-0.2, 0) is 15.0 Å². The van der Waals surface area contributed by atoms with Gasteiger partial charge in [-0.1, -0.05) is 0 Å². The molecule has 0 heterocycles. The molecule has 3 nitrogen and oxygen atoms in total. The Kier molecular flexibility index (Phi) is 2.49. The van der Waals surface area contributed by atoms with Crippen LogP contribution in [0.3, 0.4) is 0 Å². The lowest BCUT2D eigenvalue weighted by molar-refractivity contribution is -0.00646. The Morgan fingerprint density at radius 3 is 2.45 bits per heavy atom. The van der Waals surface area contributed by atoms with Crippen LogP contribution < -0.4 is 0 Å². The van der Waals surface area contributed by atoms with E-state index >= 15 is 0 Å². The van der Waals surface area contributed by atoms with Gasteiger partial charge in [0.05, 0.1) is 11.9 Å². The molecule has 0 aromatic carbocycles. The fraction of sp³-hybridized carbons (Fsp3) is 1.00. The second-order valence-corrected chi connectivity index (χ2v) is 4.23. The molecule has 1 aliphatic rings. The molecule has 1 saturated carbocycles. The topological polar surface area (TPSA) is 43.4 Å². The van der Waals surface area contributed by atoms with Gasteiger partial charge in [-0.05, 0) is 12.8 Å². The minimum atomic E-state index is -4.31. The van der Waals surface area contributed by atoms with Gasteiger partial charge in [0.25, 0.3) is 0 Å². The van der Waals surface area contributed by atoms with E-state index < -0.39 is 10.2 Å². The molecule has 0 aliphatic heterocycles. The van der Waals surface area contributed by atoms with Crippen molar-refractivity contribution in [2.75, 3.05) is 12.9 Å². The van der Waals surface area contributed by atoms with Crippen molar-refractivity contribution in [1.29, 1.82) is 0 Å². The molecule has 0 aromatic rings. The summed E-state index contributed by atoms with van der Waals surface area (Å²) in [6.07, 6.45) is 1.54. The molecule has 0 bridgehead atoms. The van der Waals surface area contributed by atoms with Crippen molar-refractivity contribution in [3.8, 4) is 0 Å². The second-order valence-electron chi connectivity index (χ2n) is 2.82. The third-order valence-corrected chi connectivity index (χ3v) is 2.89. The fourth-order valence-electron chi connectivity index (χ4n) is 1.30. The van der Waals surface area contributed by atoms with Crippen molar-refractivity contribution in [1.82, 2.24) is 0 Å². The summed E-state index contributed by atoms with van der Waals surface area (Å²) in [5.41, 5.74) is 0.